The van der Waals surface area contributed by atoms with Crippen molar-refractivity contribution in [2.75, 3.05) is 7.05 Å². The van der Waals surface area contributed by atoms with Gasteiger partial charge in [-0.2, -0.15) is 5.10 Å². The van der Waals surface area contributed by atoms with Crippen LogP contribution in [0.1, 0.15) is 35.6 Å². The van der Waals surface area contributed by atoms with E-state index in [9.17, 15) is 0 Å². The second kappa shape index (κ2) is 6.50. The molecule has 1 N–H and O–H groups in total. The maximum Gasteiger partial charge on any atom is 0.0766 e. The van der Waals surface area contributed by atoms with E-state index in [1.165, 1.54) is 11.3 Å². The highest BCUT2D eigenvalue weighted by Gasteiger charge is 2.18. The average Bonchev–Trinajstić information content (AvgIpc) is 2.71. The number of aryl methyl sites for hydroxylation is 3. The number of halogens is 1. The van der Waals surface area contributed by atoms with Crippen molar-refractivity contribution >= 4 is 15.9 Å². The van der Waals surface area contributed by atoms with Gasteiger partial charge in [0, 0.05) is 19.7 Å². The first-order valence-corrected chi connectivity index (χ1v) is 7.66. The van der Waals surface area contributed by atoms with Crippen LogP contribution in [0.5, 0.6) is 0 Å². The summed E-state index contributed by atoms with van der Waals surface area (Å²) in [7, 11) is 3.97. The van der Waals surface area contributed by atoms with Gasteiger partial charge in [0.05, 0.1) is 27.6 Å². The molecule has 0 spiro atoms. The molecule has 2 heterocycles. The van der Waals surface area contributed by atoms with Gasteiger partial charge in [0.2, 0.25) is 0 Å². The van der Waals surface area contributed by atoms with Gasteiger partial charge >= 0.3 is 0 Å². The van der Waals surface area contributed by atoms with Gasteiger partial charge in [0.1, 0.15) is 0 Å². The van der Waals surface area contributed by atoms with Gasteiger partial charge in [-0.05, 0) is 54.0 Å². The molecular weight excluding hydrogens is 316 g/mol. The Bertz CT molecular complexity index is 592. The Morgan fingerprint density at radius 2 is 2.20 bits per heavy atom. The Morgan fingerprint density at radius 1 is 1.45 bits per heavy atom. The lowest BCUT2D eigenvalue weighted by molar-refractivity contribution is 0.547. The molecule has 0 fully saturated rings. The van der Waals surface area contributed by atoms with Crippen LogP contribution in [0, 0.1) is 6.92 Å². The zero-order chi connectivity index (χ0) is 14.7. The van der Waals surface area contributed by atoms with Crippen LogP contribution in [0.4, 0.5) is 0 Å². The third-order valence-corrected chi connectivity index (χ3v) is 4.46. The molecule has 0 aliphatic rings. The average molecular weight is 337 g/mol. The Hall–Kier alpha value is -1.20. The summed E-state index contributed by atoms with van der Waals surface area (Å²) in [6.07, 6.45) is 3.66. The molecule has 0 aromatic carbocycles. The van der Waals surface area contributed by atoms with E-state index in [1.807, 2.05) is 31.0 Å². The highest BCUT2D eigenvalue weighted by Crippen LogP contribution is 2.26. The van der Waals surface area contributed by atoms with Crippen LogP contribution in [0.15, 0.2) is 22.8 Å². The third-order valence-electron chi connectivity index (χ3n) is 3.54. The number of nitrogens with zero attached hydrogens (tertiary/aromatic N) is 3. The molecule has 0 amide bonds. The molecule has 1 unspecified atom stereocenters. The monoisotopic (exact) mass is 336 g/mol. The van der Waals surface area contributed by atoms with E-state index in [0.717, 1.165) is 28.7 Å². The minimum Gasteiger partial charge on any atom is -0.311 e. The molecule has 0 bridgehead atoms. The first kappa shape index (κ1) is 15.2. The summed E-state index contributed by atoms with van der Waals surface area (Å²) in [5, 5.41) is 7.90. The summed E-state index contributed by atoms with van der Waals surface area (Å²) in [5.74, 6) is 0. The van der Waals surface area contributed by atoms with Crippen molar-refractivity contribution < 1.29 is 0 Å². The lowest BCUT2D eigenvalue weighted by atomic mass is 10.1. The van der Waals surface area contributed by atoms with E-state index in [-0.39, 0.29) is 6.04 Å². The Balaban J connectivity index is 2.29. The molecule has 20 heavy (non-hydrogen) atoms. The topological polar surface area (TPSA) is 42.7 Å². The molecule has 0 saturated carbocycles. The van der Waals surface area contributed by atoms with E-state index in [0.29, 0.717) is 0 Å². The van der Waals surface area contributed by atoms with Crippen LogP contribution < -0.4 is 5.32 Å². The highest BCUT2D eigenvalue weighted by molar-refractivity contribution is 9.10. The largest absolute Gasteiger partial charge is 0.311 e. The number of nitrogens with one attached hydrogen (secondary N) is 1. The van der Waals surface area contributed by atoms with Crippen LogP contribution in [0.2, 0.25) is 0 Å². The van der Waals surface area contributed by atoms with Gasteiger partial charge in [-0.15, -0.1) is 0 Å². The van der Waals surface area contributed by atoms with E-state index >= 15 is 0 Å². The molecule has 0 aliphatic carbocycles. The van der Waals surface area contributed by atoms with Gasteiger partial charge in [-0.25, -0.2) is 0 Å². The Kier molecular flexibility index (Phi) is 4.94. The van der Waals surface area contributed by atoms with Crippen molar-refractivity contribution in [3.8, 4) is 0 Å². The second-order valence-electron chi connectivity index (χ2n) is 4.99. The third kappa shape index (κ3) is 3.10. The molecule has 0 saturated heterocycles. The fourth-order valence-electron chi connectivity index (χ4n) is 2.34. The summed E-state index contributed by atoms with van der Waals surface area (Å²) in [5.41, 5.74) is 4.60. The summed E-state index contributed by atoms with van der Waals surface area (Å²) < 4.78 is 3.08. The Morgan fingerprint density at radius 3 is 2.75 bits per heavy atom. The minimum atomic E-state index is 0.186. The van der Waals surface area contributed by atoms with Gasteiger partial charge < -0.3 is 5.32 Å². The van der Waals surface area contributed by atoms with Crippen molar-refractivity contribution in [1.82, 2.24) is 20.1 Å². The minimum absolute atomic E-state index is 0.186. The SMILES string of the molecule is CCc1nn(C)c(CC(NC)c2cc(C)ccn2)c1Br. The number of pyridine rings is 1. The van der Waals surface area contributed by atoms with Crippen LogP contribution in [-0.4, -0.2) is 21.8 Å². The lowest BCUT2D eigenvalue weighted by Crippen LogP contribution is -2.21. The zero-order valence-electron chi connectivity index (χ0n) is 12.4. The molecule has 108 valence electrons. The molecule has 2 rings (SSSR count). The maximum absolute atomic E-state index is 4.55. The van der Waals surface area contributed by atoms with Crippen LogP contribution in [0.25, 0.3) is 0 Å². The molecule has 2 aromatic rings. The molecule has 5 heteroatoms. The smallest absolute Gasteiger partial charge is 0.0766 e. The van der Waals surface area contributed by atoms with Gasteiger partial charge in [0.15, 0.2) is 0 Å². The molecule has 2 aromatic heterocycles. The van der Waals surface area contributed by atoms with Crippen molar-refractivity contribution in [2.24, 2.45) is 7.05 Å². The zero-order valence-corrected chi connectivity index (χ0v) is 14.0. The fourth-order valence-corrected chi connectivity index (χ4v) is 3.12. The molecule has 0 radical (unpaired) electrons. The standard InChI is InChI=1S/C15H21BrN4/c1-5-11-15(16)14(20(4)19-11)9-12(17-3)13-8-10(2)6-7-18-13/h6-8,12,17H,5,9H2,1-4H3. The maximum atomic E-state index is 4.55. The first-order chi connectivity index (χ1) is 9.56. The molecular formula is C15H21BrN4. The molecule has 4 nitrogen and oxygen atoms in total. The predicted molar refractivity (Wildman–Crippen MR) is 84.8 cm³/mol. The number of rotatable bonds is 5. The number of likely N-dealkylation sites (N-methyl/N-ethyl adjacent to an activating group) is 1. The number of aromatic nitrogens is 3. The number of hydrogen-bond acceptors (Lipinski definition) is 3. The quantitative estimate of drug-likeness (QED) is 0.912. The summed E-state index contributed by atoms with van der Waals surface area (Å²) in [4.78, 5) is 4.49. The van der Waals surface area contributed by atoms with E-state index in [1.54, 1.807) is 0 Å². The first-order valence-electron chi connectivity index (χ1n) is 6.86. The van der Waals surface area contributed by atoms with Crippen molar-refractivity contribution in [2.45, 2.75) is 32.7 Å². The van der Waals surface area contributed by atoms with Crippen LogP contribution >= 0.6 is 15.9 Å². The van der Waals surface area contributed by atoms with E-state index < -0.39 is 0 Å². The second-order valence-corrected chi connectivity index (χ2v) is 5.78. The molecule has 0 aliphatic heterocycles. The predicted octanol–water partition coefficient (Wildman–Crippen LogP) is 2.95. The highest BCUT2D eigenvalue weighted by atomic mass is 79.9. The van der Waals surface area contributed by atoms with Crippen LogP contribution in [-0.2, 0) is 19.9 Å². The van der Waals surface area contributed by atoms with Crippen molar-refractivity contribution in [3.05, 3.63) is 45.4 Å². The van der Waals surface area contributed by atoms with Gasteiger partial charge in [-0.1, -0.05) is 6.92 Å². The lowest BCUT2D eigenvalue weighted by Gasteiger charge is -2.16. The number of hydrogen-bond donors (Lipinski definition) is 1. The van der Waals surface area contributed by atoms with Crippen molar-refractivity contribution in [3.63, 3.8) is 0 Å². The summed E-state index contributed by atoms with van der Waals surface area (Å²) in [6, 6.07) is 4.34. The molecule has 1 atom stereocenters. The Labute approximate surface area is 128 Å². The van der Waals surface area contributed by atoms with E-state index in [2.05, 4.69) is 51.2 Å². The summed E-state index contributed by atoms with van der Waals surface area (Å²) in [6.45, 7) is 4.21. The van der Waals surface area contributed by atoms with Gasteiger partial charge in [0.25, 0.3) is 0 Å². The fraction of sp³-hybridized carbons (Fsp3) is 0.467. The summed E-state index contributed by atoms with van der Waals surface area (Å²) >= 11 is 3.68. The van der Waals surface area contributed by atoms with Crippen LogP contribution in [0.3, 0.4) is 0 Å². The van der Waals surface area contributed by atoms with Crippen molar-refractivity contribution in [1.29, 1.82) is 0 Å². The van der Waals surface area contributed by atoms with Gasteiger partial charge in [-0.3, -0.25) is 9.67 Å². The van der Waals surface area contributed by atoms with E-state index in [4.69, 9.17) is 0 Å². The normalized spacial score (nSPS) is 12.7.